The lowest BCUT2D eigenvalue weighted by atomic mass is 10.1. The summed E-state index contributed by atoms with van der Waals surface area (Å²) in [5, 5.41) is 22.6. The van der Waals surface area contributed by atoms with Gasteiger partial charge in [0.1, 0.15) is 0 Å². The van der Waals surface area contributed by atoms with E-state index in [2.05, 4.69) is 10.6 Å². The maximum Gasteiger partial charge on any atom is 0.332 e. The van der Waals surface area contributed by atoms with Crippen molar-refractivity contribution in [2.24, 2.45) is 0 Å². The Kier molecular flexibility index (Phi) is 5.32. The Morgan fingerprint density at radius 2 is 1.95 bits per heavy atom. The molecule has 1 atom stereocenters. The Morgan fingerprint density at radius 1 is 1.26 bits per heavy atom. The van der Waals surface area contributed by atoms with Crippen LogP contribution in [0, 0.1) is 13.8 Å². The van der Waals surface area contributed by atoms with Crippen LogP contribution in [0.1, 0.15) is 17.5 Å². The second-order valence-electron chi connectivity index (χ2n) is 4.32. The normalized spacial score (nSPS) is 11.7. The predicted molar refractivity (Wildman–Crippen MR) is 71.2 cm³/mol. The molecule has 1 aromatic carbocycles. The largest absolute Gasteiger partial charge is 0.479 e. The van der Waals surface area contributed by atoms with Gasteiger partial charge in [-0.25, -0.2) is 9.59 Å². The van der Waals surface area contributed by atoms with Gasteiger partial charge in [0.05, 0.1) is 0 Å². The van der Waals surface area contributed by atoms with Crippen LogP contribution in [0.3, 0.4) is 0 Å². The molecule has 0 aliphatic rings. The topological polar surface area (TPSA) is 98.7 Å². The van der Waals surface area contributed by atoms with E-state index in [4.69, 9.17) is 10.2 Å². The summed E-state index contributed by atoms with van der Waals surface area (Å²) in [6.45, 7) is 4.01. The van der Waals surface area contributed by atoms with E-state index < -0.39 is 18.1 Å². The third kappa shape index (κ3) is 4.97. The predicted octanol–water partition coefficient (Wildman–Crippen LogP) is 1.26. The van der Waals surface area contributed by atoms with Gasteiger partial charge < -0.3 is 20.8 Å². The van der Waals surface area contributed by atoms with Gasteiger partial charge in [0.25, 0.3) is 0 Å². The number of aryl methyl sites for hydroxylation is 2. The smallest absolute Gasteiger partial charge is 0.332 e. The fraction of sp³-hybridized carbons (Fsp3) is 0.385. The van der Waals surface area contributed by atoms with E-state index in [1.54, 1.807) is 6.07 Å². The number of aliphatic hydroxyl groups is 1. The molecule has 1 aromatic rings. The van der Waals surface area contributed by atoms with E-state index in [1.165, 1.54) is 0 Å². The number of carbonyl (C=O) groups is 2. The summed E-state index contributed by atoms with van der Waals surface area (Å²) in [4.78, 5) is 21.9. The van der Waals surface area contributed by atoms with Gasteiger partial charge in [0.2, 0.25) is 0 Å². The summed E-state index contributed by atoms with van der Waals surface area (Å²) < 4.78 is 0. The summed E-state index contributed by atoms with van der Waals surface area (Å²) in [6, 6.07) is 5.11. The standard InChI is InChI=1S/C13H18N2O4/c1-8-3-4-10(7-9(8)2)15-13(19)14-6-5-11(16)12(17)18/h3-4,7,11,16H,5-6H2,1-2H3,(H,17,18)(H2,14,15,19). The summed E-state index contributed by atoms with van der Waals surface area (Å²) >= 11 is 0. The number of carboxylic acid groups (broad SMARTS) is 1. The Labute approximate surface area is 111 Å². The van der Waals surface area contributed by atoms with Gasteiger partial charge in [-0.05, 0) is 37.1 Å². The quantitative estimate of drug-likeness (QED) is 0.644. The molecule has 4 N–H and O–H groups in total. The molecule has 6 nitrogen and oxygen atoms in total. The molecule has 6 heteroatoms. The molecular formula is C13H18N2O4. The number of aliphatic carboxylic acids is 1. The molecule has 19 heavy (non-hydrogen) atoms. The molecule has 0 heterocycles. The molecule has 0 aliphatic carbocycles. The summed E-state index contributed by atoms with van der Waals surface area (Å²) in [5.41, 5.74) is 2.87. The van der Waals surface area contributed by atoms with Crippen LogP contribution < -0.4 is 10.6 Å². The lowest BCUT2D eigenvalue weighted by Gasteiger charge is -2.10. The lowest BCUT2D eigenvalue weighted by Crippen LogP contribution is -2.33. The first-order chi connectivity index (χ1) is 8.90. The van der Waals surface area contributed by atoms with Crippen molar-refractivity contribution < 1.29 is 19.8 Å². The Morgan fingerprint density at radius 3 is 2.53 bits per heavy atom. The molecular weight excluding hydrogens is 248 g/mol. The minimum Gasteiger partial charge on any atom is -0.479 e. The molecule has 0 bridgehead atoms. The first-order valence-corrected chi connectivity index (χ1v) is 5.93. The van der Waals surface area contributed by atoms with Gasteiger partial charge >= 0.3 is 12.0 Å². The first-order valence-electron chi connectivity index (χ1n) is 5.93. The Balaban J connectivity index is 2.39. The molecule has 0 radical (unpaired) electrons. The fourth-order valence-electron chi connectivity index (χ4n) is 1.44. The number of carbonyl (C=O) groups excluding carboxylic acids is 1. The summed E-state index contributed by atoms with van der Waals surface area (Å²) in [5.74, 6) is -1.30. The fourth-order valence-corrected chi connectivity index (χ4v) is 1.44. The summed E-state index contributed by atoms with van der Waals surface area (Å²) in [7, 11) is 0. The number of aliphatic hydroxyl groups excluding tert-OH is 1. The molecule has 0 aromatic heterocycles. The highest BCUT2D eigenvalue weighted by Gasteiger charge is 2.12. The number of urea groups is 1. The molecule has 1 unspecified atom stereocenters. The van der Waals surface area contributed by atoms with Crippen molar-refractivity contribution in [3.63, 3.8) is 0 Å². The van der Waals surface area contributed by atoms with Crippen LogP contribution in [-0.4, -0.2) is 34.9 Å². The first kappa shape index (κ1) is 15.0. The van der Waals surface area contributed by atoms with Crippen LogP contribution >= 0.6 is 0 Å². The highest BCUT2D eigenvalue weighted by molar-refractivity contribution is 5.89. The van der Waals surface area contributed by atoms with E-state index in [9.17, 15) is 9.59 Å². The van der Waals surface area contributed by atoms with E-state index in [1.807, 2.05) is 26.0 Å². The van der Waals surface area contributed by atoms with E-state index in [0.29, 0.717) is 5.69 Å². The lowest BCUT2D eigenvalue weighted by molar-refractivity contribution is -0.146. The highest BCUT2D eigenvalue weighted by Crippen LogP contribution is 2.13. The average molecular weight is 266 g/mol. The molecule has 0 saturated carbocycles. The van der Waals surface area contributed by atoms with Crippen molar-refractivity contribution in [3.05, 3.63) is 29.3 Å². The Hall–Kier alpha value is -2.08. The van der Waals surface area contributed by atoms with Crippen molar-refractivity contribution in [3.8, 4) is 0 Å². The molecule has 0 aliphatic heterocycles. The van der Waals surface area contributed by atoms with Gasteiger partial charge in [-0.3, -0.25) is 0 Å². The molecule has 0 saturated heterocycles. The minimum absolute atomic E-state index is 0.0321. The average Bonchev–Trinajstić information content (AvgIpc) is 2.33. The molecule has 0 spiro atoms. The van der Waals surface area contributed by atoms with Gasteiger partial charge in [-0.2, -0.15) is 0 Å². The van der Waals surface area contributed by atoms with Crippen molar-refractivity contribution >= 4 is 17.7 Å². The van der Waals surface area contributed by atoms with Gasteiger partial charge in [-0.15, -0.1) is 0 Å². The maximum absolute atomic E-state index is 11.5. The second kappa shape index (κ2) is 6.75. The van der Waals surface area contributed by atoms with Crippen LogP contribution in [0.2, 0.25) is 0 Å². The zero-order chi connectivity index (χ0) is 14.4. The van der Waals surface area contributed by atoms with Crippen LogP contribution in [0.25, 0.3) is 0 Å². The van der Waals surface area contributed by atoms with Crippen molar-refractivity contribution in [2.75, 3.05) is 11.9 Å². The zero-order valence-corrected chi connectivity index (χ0v) is 10.9. The maximum atomic E-state index is 11.5. The number of anilines is 1. The van der Waals surface area contributed by atoms with Crippen LogP contribution in [-0.2, 0) is 4.79 Å². The number of amides is 2. The van der Waals surface area contributed by atoms with Gasteiger partial charge in [-0.1, -0.05) is 6.07 Å². The monoisotopic (exact) mass is 266 g/mol. The Bertz CT molecular complexity index is 474. The zero-order valence-electron chi connectivity index (χ0n) is 10.9. The summed E-state index contributed by atoms with van der Waals surface area (Å²) in [6.07, 6.45) is -1.49. The number of nitrogens with one attached hydrogen (secondary N) is 2. The van der Waals surface area contributed by atoms with E-state index >= 15 is 0 Å². The van der Waals surface area contributed by atoms with Crippen molar-refractivity contribution in [1.29, 1.82) is 0 Å². The van der Waals surface area contributed by atoms with E-state index in [0.717, 1.165) is 11.1 Å². The molecule has 2 amide bonds. The number of benzene rings is 1. The SMILES string of the molecule is Cc1ccc(NC(=O)NCCC(O)C(=O)O)cc1C. The molecule has 104 valence electrons. The van der Waals surface area contributed by atoms with Gasteiger partial charge in [0.15, 0.2) is 6.10 Å². The van der Waals surface area contributed by atoms with Crippen LogP contribution in [0.15, 0.2) is 18.2 Å². The third-order valence-corrected chi connectivity index (χ3v) is 2.75. The number of carboxylic acids is 1. The van der Waals surface area contributed by atoms with Crippen LogP contribution in [0.5, 0.6) is 0 Å². The van der Waals surface area contributed by atoms with E-state index in [-0.39, 0.29) is 13.0 Å². The number of hydrogen-bond donors (Lipinski definition) is 4. The minimum atomic E-state index is -1.46. The third-order valence-electron chi connectivity index (χ3n) is 2.75. The van der Waals surface area contributed by atoms with Crippen molar-refractivity contribution in [2.45, 2.75) is 26.4 Å². The highest BCUT2D eigenvalue weighted by atomic mass is 16.4. The number of hydrogen-bond acceptors (Lipinski definition) is 3. The van der Waals surface area contributed by atoms with Crippen LogP contribution in [0.4, 0.5) is 10.5 Å². The molecule has 0 fully saturated rings. The molecule has 1 rings (SSSR count). The second-order valence-corrected chi connectivity index (χ2v) is 4.32. The van der Waals surface area contributed by atoms with Crippen molar-refractivity contribution in [1.82, 2.24) is 5.32 Å². The number of rotatable bonds is 5. The van der Waals surface area contributed by atoms with Gasteiger partial charge in [0, 0.05) is 18.7 Å².